The third-order valence-corrected chi connectivity index (χ3v) is 3.63. The second kappa shape index (κ2) is 7.66. The highest BCUT2D eigenvalue weighted by Gasteiger charge is 2.18. The van der Waals surface area contributed by atoms with Crippen molar-refractivity contribution in [2.24, 2.45) is 0 Å². The molecule has 1 heterocycles. The summed E-state index contributed by atoms with van der Waals surface area (Å²) in [4.78, 5) is 17.4. The molecule has 0 bridgehead atoms. The second-order valence-electron chi connectivity index (χ2n) is 5.20. The van der Waals surface area contributed by atoms with E-state index in [0.717, 1.165) is 12.1 Å². The molecule has 8 heteroatoms. The van der Waals surface area contributed by atoms with Gasteiger partial charge in [-0.15, -0.1) is 0 Å². The highest BCUT2D eigenvalue weighted by atomic mass is 19.2. The smallest absolute Gasteiger partial charge is 0.317 e. The van der Waals surface area contributed by atoms with E-state index in [1.807, 2.05) is 0 Å². The van der Waals surface area contributed by atoms with E-state index in [1.165, 1.54) is 17.3 Å². The molecule has 2 aromatic rings. The zero-order valence-corrected chi connectivity index (χ0v) is 13.0. The molecular weight excluding hydrogens is 304 g/mol. The zero-order valence-electron chi connectivity index (χ0n) is 13.0. The van der Waals surface area contributed by atoms with Crippen LogP contribution in [0.5, 0.6) is 0 Å². The van der Waals surface area contributed by atoms with Gasteiger partial charge in [0, 0.05) is 20.1 Å². The number of halogens is 2. The van der Waals surface area contributed by atoms with Gasteiger partial charge in [0.05, 0.1) is 6.04 Å². The number of nitrogens with zero attached hydrogens (tertiary/aromatic N) is 4. The minimum absolute atomic E-state index is 0.277. The molecule has 0 aliphatic carbocycles. The van der Waals surface area contributed by atoms with Crippen molar-refractivity contribution in [3.8, 4) is 0 Å². The molecule has 2 amide bonds. The number of hydrogen-bond acceptors (Lipinski definition) is 3. The summed E-state index contributed by atoms with van der Waals surface area (Å²) in [5.74, 6) is -1.82. The van der Waals surface area contributed by atoms with Crippen molar-refractivity contribution in [1.29, 1.82) is 0 Å². The quantitative estimate of drug-likeness (QED) is 0.830. The van der Waals surface area contributed by atoms with Crippen LogP contribution in [0.25, 0.3) is 0 Å². The minimum Gasteiger partial charge on any atom is -0.338 e. The van der Waals surface area contributed by atoms with Gasteiger partial charge in [0.15, 0.2) is 11.6 Å². The fourth-order valence-electron chi connectivity index (χ4n) is 2.08. The Bertz CT molecular complexity index is 647. The van der Waals surface area contributed by atoms with E-state index in [2.05, 4.69) is 15.4 Å². The van der Waals surface area contributed by atoms with Gasteiger partial charge in [-0.05, 0) is 31.0 Å². The van der Waals surface area contributed by atoms with Gasteiger partial charge in [-0.1, -0.05) is 6.07 Å². The van der Waals surface area contributed by atoms with Crippen molar-refractivity contribution in [3.63, 3.8) is 0 Å². The Morgan fingerprint density at radius 2 is 2.17 bits per heavy atom. The Hall–Kier alpha value is -2.51. The van der Waals surface area contributed by atoms with Crippen molar-refractivity contribution in [3.05, 3.63) is 48.1 Å². The molecule has 2 rings (SSSR count). The molecular formula is C15H19F2N5O. The van der Waals surface area contributed by atoms with Gasteiger partial charge >= 0.3 is 6.03 Å². The molecule has 0 saturated carbocycles. The number of rotatable bonds is 6. The van der Waals surface area contributed by atoms with Crippen molar-refractivity contribution >= 4 is 6.03 Å². The minimum atomic E-state index is -0.920. The van der Waals surface area contributed by atoms with Crippen LogP contribution >= 0.6 is 0 Å². The topological polar surface area (TPSA) is 63.1 Å². The van der Waals surface area contributed by atoms with E-state index in [4.69, 9.17) is 0 Å². The van der Waals surface area contributed by atoms with E-state index >= 15 is 0 Å². The van der Waals surface area contributed by atoms with Crippen LogP contribution in [0, 0.1) is 11.6 Å². The summed E-state index contributed by atoms with van der Waals surface area (Å²) >= 11 is 0. The lowest BCUT2D eigenvalue weighted by atomic mass is 10.1. The molecule has 0 aliphatic rings. The summed E-state index contributed by atoms with van der Waals surface area (Å²) in [6.07, 6.45) is 3.78. The molecule has 0 unspecified atom stereocenters. The number of carbonyl (C=O) groups is 1. The Morgan fingerprint density at radius 1 is 1.39 bits per heavy atom. The molecule has 1 N–H and O–H groups in total. The molecule has 0 fully saturated rings. The number of carbonyl (C=O) groups excluding carboxylic acids is 1. The lowest BCUT2D eigenvalue weighted by molar-refractivity contribution is 0.194. The van der Waals surface area contributed by atoms with Crippen LogP contribution in [0.15, 0.2) is 30.9 Å². The fourth-order valence-corrected chi connectivity index (χ4v) is 2.08. The van der Waals surface area contributed by atoms with Crippen molar-refractivity contribution in [2.75, 3.05) is 13.6 Å². The van der Waals surface area contributed by atoms with Crippen molar-refractivity contribution in [2.45, 2.75) is 25.9 Å². The highest BCUT2D eigenvalue weighted by molar-refractivity contribution is 5.74. The molecule has 124 valence electrons. The standard InChI is InChI=1S/C15H19F2N5O/c1-11(12-4-5-13(16)14(17)8-12)21(2)15(23)19-6-3-7-22-10-18-9-20-22/h4-5,8-11H,3,6-7H2,1-2H3,(H,19,23)/t11-/m0/s1. The molecule has 23 heavy (non-hydrogen) atoms. The summed E-state index contributed by atoms with van der Waals surface area (Å²) in [5.41, 5.74) is 0.532. The maximum absolute atomic E-state index is 13.3. The molecule has 1 aromatic heterocycles. The monoisotopic (exact) mass is 323 g/mol. The summed E-state index contributed by atoms with van der Waals surface area (Å²) in [6.45, 7) is 2.89. The maximum atomic E-state index is 13.3. The highest BCUT2D eigenvalue weighted by Crippen LogP contribution is 2.20. The predicted molar refractivity (Wildman–Crippen MR) is 80.6 cm³/mol. The average molecular weight is 323 g/mol. The van der Waals surface area contributed by atoms with E-state index in [9.17, 15) is 13.6 Å². The lowest BCUT2D eigenvalue weighted by Gasteiger charge is -2.25. The molecule has 0 radical (unpaired) electrons. The zero-order chi connectivity index (χ0) is 16.8. The first-order chi connectivity index (χ1) is 11.0. The number of aryl methyl sites for hydroxylation is 1. The molecule has 1 atom stereocenters. The second-order valence-corrected chi connectivity index (χ2v) is 5.20. The Kier molecular flexibility index (Phi) is 5.61. The number of hydrogen-bond donors (Lipinski definition) is 1. The number of benzene rings is 1. The summed E-state index contributed by atoms with van der Waals surface area (Å²) in [6, 6.07) is 2.98. The van der Waals surface area contributed by atoms with Crippen LogP contribution in [0.1, 0.15) is 24.9 Å². The van der Waals surface area contributed by atoms with Gasteiger partial charge in [0.1, 0.15) is 12.7 Å². The van der Waals surface area contributed by atoms with Crippen LogP contribution in [-0.4, -0.2) is 39.3 Å². The number of urea groups is 1. The van der Waals surface area contributed by atoms with E-state index in [-0.39, 0.29) is 12.1 Å². The van der Waals surface area contributed by atoms with Gasteiger partial charge in [0.25, 0.3) is 0 Å². The number of nitrogens with one attached hydrogen (secondary N) is 1. The normalized spacial score (nSPS) is 12.0. The lowest BCUT2D eigenvalue weighted by Crippen LogP contribution is -2.39. The van der Waals surface area contributed by atoms with Crippen LogP contribution in [0.2, 0.25) is 0 Å². The summed E-state index contributed by atoms with van der Waals surface area (Å²) < 4.78 is 27.9. The average Bonchev–Trinajstić information content (AvgIpc) is 3.06. The Balaban J connectivity index is 1.82. The van der Waals surface area contributed by atoms with Crippen molar-refractivity contribution < 1.29 is 13.6 Å². The van der Waals surface area contributed by atoms with Gasteiger partial charge in [0.2, 0.25) is 0 Å². The fraction of sp³-hybridized carbons (Fsp3) is 0.400. The van der Waals surface area contributed by atoms with E-state index in [0.29, 0.717) is 25.1 Å². The van der Waals surface area contributed by atoms with Gasteiger partial charge in [-0.2, -0.15) is 5.10 Å². The van der Waals surface area contributed by atoms with Crippen LogP contribution < -0.4 is 5.32 Å². The van der Waals surface area contributed by atoms with Crippen LogP contribution in [0.4, 0.5) is 13.6 Å². The Morgan fingerprint density at radius 3 is 2.83 bits per heavy atom. The first kappa shape index (κ1) is 16.9. The molecule has 0 aliphatic heterocycles. The van der Waals surface area contributed by atoms with Crippen LogP contribution in [0.3, 0.4) is 0 Å². The molecule has 0 spiro atoms. The largest absolute Gasteiger partial charge is 0.338 e. The summed E-state index contributed by atoms with van der Waals surface area (Å²) in [5, 5.41) is 6.75. The molecule has 1 aromatic carbocycles. The SMILES string of the molecule is C[C@@H](c1ccc(F)c(F)c1)N(C)C(=O)NCCCn1cncn1. The maximum Gasteiger partial charge on any atom is 0.317 e. The van der Waals surface area contributed by atoms with Gasteiger partial charge in [-0.25, -0.2) is 18.6 Å². The first-order valence-electron chi connectivity index (χ1n) is 7.27. The van der Waals surface area contributed by atoms with E-state index in [1.54, 1.807) is 25.0 Å². The van der Waals surface area contributed by atoms with E-state index < -0.39 is 11.6 Å². The van der Waals surface area contributed by atoms with Gasteiger partial charge < -0.3 is 10.2 Å². The summed E-state index contributed by atoms with van der Waals surface area (Å²) in [7, 11) is 1.61. The molecule has 6 nitrogen and oxygen atoms in total. The number of aromatic nitrogens is 3. The molecule has 0 saturated heterocycles. The first-order valence-corrected chi connectivity index (χ1v) is 7.27. The van der Waals surface area contributed by atoms with Crippen LogP contribution in [-0.2, 0) is 6.54 Å². The van der Waals surface area contributed by atoms with Gasteiger partial charge in [-0.3, -0.25) is 4.68 Å². The third kappa shape index (κ3) is 4.48. The Labute approximate surface area is 133 Å². The third-order valence-electron chi connectivity index (χ3n) is 3.63. The number of amides is 2. The predicted octanol–water partition coefficient (Wildman–Crippen LogP) is 2.35. The van der Waals surface area contributed by atoms with Crippen molar-refractivity contribution in [1.82, 2.24) is 25.0 Å².